The minimum absolute atomic E-state index is 0.0995. The first-order valence-corrected chi connectivity index (χ1v) is 12.9. The topological polar surface area (TPSA) is 74.3 Å². The molecule has 0 aliphatic heterocycles. The first-order valence-electron chi connectivity index (χ1n) is 12.6. The molecule has 2 atom stereocenters. The van der Waals surface area contributed by atoms with Gasteiger partial charge in [0.05, 0.1) is 5.57 Å². The second-order valence-corrected chi connectivity index (χ2v) is 10.5. The van der Waals surface area contributed by atoms with E-state index in [1.807, 2.05) is 54.6 Å². The van der Waals surface area contributed by atoms with Crippen molar-refractivity contribution in [2.75, 3.05) is 0 Å². The highest BCUT2D eigenvalue weighted by molar-refractivity contribution is 6.40. The summed E-state index contributed by atoms with van der Waals surface area (Å²) in [4.78, 5) is 39.5. The van der Waals surface area contributed by atoms with E-state index in [4.69, 9.17) is 11.6 Å². The van der Waals surface area contributed by atoms with Crippen LogP contribution in [0.1, 0.15) is 55.6 Å². The van der Waals surface area contributed by atoms with Crippen LogP contribution >= 0.6 is 11.6 Å². The Bertz CT molecular complexity index is 1800. The highest BCUT2D eigenvalue weighted by atomic mass is 35.5. The van der Waals surface area contributed by atoms with E-state index in [-0.39, 0.29) is 22.9 Å². The summed E-state index contributed by atoms with van der Waals surface area (Å²) < 4.78 is 0. The lowest BCUT2D eigenvalue weighted by atomic mass is 9.98. The molecule has 3 aliphatic rings. The molecule has 0 saturated heterocycles. The number of rotatable bonds is 2. The fraction of sp³-hybridized carbons (Fsp3) is 0.121. The molecular formula is C33H20ClO4-. The van der Waals surface area contributed by atoms with Crippen molar-refractivity contribution in [1.82, 2.24) is 0 Å². The van der Waals surface area contributed by atoms with Gasteiger partial charge in [-0.05, 0) is 75.4 Å². The molecule has 7 rings (SSSR count). The van der Waals surface area contributed by atoms with Crippen LogP contribution in [0.3, 0.4) is 0 Å². The van der Waals surface area contributed by atoms with Crippen molar-refractivity contribution in [2.24, 2.45) is 5.92 Å². The maximum Gasteiger partial charge on any atom is 0.197 e. The van der Waals surface area contributed by atoms with Crippen LogP contribution in [0.15, 0.2) is 107 Å². The van der Waals surface area contributed by atoms with Crippen molar-refractivity contribution in [2.45, 2.75) is 18.9 Å². The quantitative estimate of drug-likeness (QED) is 0.228. The van der Waals surface area contributed by atoms with Crippen LogP contribution in [0.4, 0.5) is 0 Å². The molecule has 0 bridgehead atoms. The molecular weight excluding hydrogens is 496 g/mol. The van der Waals surface area contributed by atoms with Gasteiger partial charge in [0.2, 0.25) is 0 Å². The van der Waals surface area contributed by atoms with Crippen LogP contribution in [-0.2, 0) is 0 Å². The zero-order valence-corrected chi connectivity index (χ0v) is 20.9. The highest BCUT2D eigenvalue weighted by Gasteiger charge is 2.36. The van der Waals surface area contributed by atoms with Gasteiger partial charge in [0.1, 0.15) is 0 Å². The lowest BCUT2D eigenvalue weighted by molar-refractivity contribution is -0.430. The number of carbonyl (C=O) groups excluding carboxylic acids is 3. The summed E-state index contributed by atoms with van der Waals surface area (Å²) in [7, 11) is 0. The predicted molar refractivity (Wildman–Crippen MR) is 145 cm³/mol. The van der Waals surface area contributed by atoms with E-state index in [1.54, 1.807) is 30.4 Å². The van der Waals surface area contributed by atoms with Gasteiger partial charge >= 0.3 is 0 Å². The minimum atomic E-state index is -1.21. The van der Waals surface area contributed by atoms with Crippen molar-refractivity contribution in [3.05, 3.63) is 129 Å². The molecule has 5 heteroatoms. The molecule has 4 nitrogen and oxygen atoms in total. The minimum Gasteiger partial charge on any atom is -0.848 e. The monoisotopic (exact) mass is 515 g/mol. The fourth-order valence-electron chi connectivity index (χ4n) is 5.90. The third-order valence-electron chi connectivity index (χ3n) is 7.91. The zero-order valence-electron chi connectivity index (χ0n) is 20.2. The van der Waals surface area contributed by atoms with Gasteiger partial charge in [-0.25, -0.2) is 0 Å². The summed E-state index contributed by atoms with van der Waals surface area (Å²) in [6.45, 7) is 0. The molecule has 0 fully saturated rings. The highest BCUT2D eigenvalue weighted by Crippen LogP contribution is 2.42. The molecule has 4 aromatic carbocycles. The number of Topliss-reactive ketones (excluding diaryl/α,β-unsaturated/α-hetero) is 3. The molecule has 184 valence electrons. The van der Waals surface area contributed by atoms with Gasteiger partial charge in [-0.3, -0.25) is 14.4 Å². The number of fused-ring (bicyclic) bond motifs is 4. The Kier molecular flexibility index (Phi) is 5.12. The van der Waals surface area contributed by atoms with Gasteiger partial charge < -0.3 is 5.11 Å². The van der Waals surface area contributed by atoms with E-state index in [9.17, 15) is 19.5 Å². The maximum atomic E-state index is 13.3. The van der Waals surface area contributed by atoms with Crippen LogP contribution < -0.4 is 5.11 Å². The Morgan fingerprint density at radius 3 is 1.84 bits per heavy atom. The summed E-state index contributed by atoms with van der Waals surface area (Å²) in [5.41, 5.74) is 3.27. The van der Waals surface area contributed by atoms with Crippen LogP contribution in [0.5, 0.6) is 0 Å². The number of hydrogen-bond donors (Lipinski definition) is 0. The number of ketones is 3. The lowest BCUT2D eigenvalue weighted by Gasteiger charge is -2.22. The number of carbonyl (C=O) groups is 3. The standard InChI is InChI=1S/C33H20ClO4/c34-29-21(15-27-30(35)23-11-17-5-1-2-6-18(17)12-24(23)31(27)36)9-10-22(29)16-28-32(37)25-13-19-7-3-4-8-20(19)14-26(25)33(28)38/h1-8,11-16,27,30H,9-10H2/q-1/b21-15+. The summed E-state index contributed by atoms with van der Waals surface area (Å²) >= 11 is 6.72. The molecule has 0 saturated carbocycles. The van der Waals surface area contributed by atoms with Crippen LogP contribution in [0, 0.1) is 5.92 Å². The third-order valence-corrected chi connectivity index (χ3v) is 8.40. The van der Waals surface area contributed by atoms with Gasteiger partial charge in [-0.1, -0.05) is 78.4 Å². The van der Waals surface area contributed by atoms with E-state index in [0.29, 0.717) is 51.3 Å². The van der Waals surface area contributed by atoms with Crippen molar-refractivity contribution in [3.8, 4) is 0 Å². The Morgan fingerprint density at radius 1 is 0.737 bits per heavy atom. The molecule has 2 unspecified atom stereocenters. The van der Waals surface area contributed by atoms with Crippen LogP contribution in [0.25, 0.3) is 21.5 Å². The van der Waals surface area contributed by atoms with E-state index in [0.717, 1.165) is 21.5 Å². The van der Waals surface area contributed by atoms with E-state index >= 15 is 0 Å². The average molecular weight is 516 g/mol. The van der Waals surface area contributed by atoms with Gasteiger partial charge in [0.15, 0.2) is 17.3 Å². The predicted octanol–water partition coefficient (Wildman–Crippen LogP) is 6.43. The zero-order chi connectivity index (χ0) is 26.1. The largest absolute Gasteiger partial charge is 0.848 e. The third kappa shape index (κ3) is 3.38. The van der Waals surface area contributed by atoms with Crippen LogP contribution in [-0.4, -0.2) is 17.3 Å². The van der Waals surface area contributed by atoms with Crippen molar-refractivity contribution in [3.63, 3.8) is 0 Å². The maximum absolute atomic E-state index is 13.3. The molecule has 0 radical (unpaired) electrons. The molecule has 0 aromatic heterocycles. The molecule has 0 amide bonds. The van der Waals surface area contributed by atoms with Crippen molar-refractivity contribution in [1.29, 1.82) is 0 Å². The SMILES string of the molecule is O=C1C(=CC2=C(Cl)/C(=C/C3C(=O)c4cc5ccccc5cc4C3[O-])CC2)C(=O)c2cc3ccccc3cc21. The number of hydrogen-bond acceptors (Lipinski definition) is 4. The van der Waals surface area contributed by atoms with Gasteiger partial charge in [-0.2, -0.15) is 0 Å². The van der Waals surface area contributed by atoms with Crippen molar-refractivity contribution < 1.29 is 19.5 Å². The van der Waals surface area contributed by atoms with E-state index < -0.39 is 12.0 Å². The average Bonchev–Trinajstić information content (AvgIpc) is 3.48. The normalized spacial score (nSPS) is 21.8. The summed E-state index contributed by atoms with van der Waals surface area (Å²) in [5, 5.41) is 17.3. The fourth-order valence-corrected chi connectivity index (χ4v) is 6.21. The Balaban J connectivity index is 1.22. The summed E-state index contributed by atoms with van der Waals surface area (Å²) in [6.07, 6.45) is 3.13. The second kappa shape index (κ2) is 8.45. The smallest absolute Gasteiger partial charge is 0.197 e. The van der Waals surface area contributed by atoms with E-state index in [2.05, 4.69) is 0 Å². The molecule has 3 aliphatic carbocycles. The van der Waals surface area contributed by atoms with Gasteiger partial charge in [0, 0.05) is 27.6 Å². The lowest BCUT2D eigenvalue weighted by Crippen LogP contribution is -2.22. The van der Waals surface area contributed by atoms with Crippen molar-refractivity contribution >= 4 is 50.5 Å². The molecule has 38 heavy (non-hydrogen) atoms. The van der Waals surface area contributed by atoms with Gasteiger partial charge in [0.25, 0.3) is 0 Å². The molecule has 0 heterocycles. The van der Waals surface area contributed by atoms with Crippen LogP contribution in [0.2, 0.25) is 0 Å². The molecule has 4 aromatic rings. The first kappa shape index (κ1) is 23.0. The number of halogens is 1. The summed E-state index contributed by atoms with van der Waals surface area (Å²) in [6, 6.07) is 22.4. The number of allylic oxidation sites excluding steroid dienone is 5. The summed E-state index contributed by atoms with van der Waals surface area (Å²) in [5.74, 6) is -1.65. The van der Waals surface area contributed by atoms with Gasteiger partial charge in [-0.15, -0.1) is 0 Å². The second-order valence-electron chi connectivity index (χ2n) is 10.1. The number of benzene rings is 4. The Hall–Kier alpha value is -4.12. The van der Waals surface area contributed by atoms with E-state index in [1.165, 1.54) is 0 Å². The Labute approximate surface area is 223 Å². The molecule has 0 spiro atoms. The Morgan fingerprint density at radius 2 is 1.26 bits per heavy atom. The first-order chi connectivity index (χ1) is 18.4. The molecule has 0 N–H and O–H groups in total.